The van der Waals surface area contributed by atoms with Gasteiger partial charge < -0.3 is 5.73 Å². The van der Waals surface area contributed by atoms with Crippen molar-refractivity contribution in [2.75, 3.05) is 6.26 Å². The van der Waals surface area contributed by atoms with E-state index in [1.54, 1.807) is 13.8 Å². The lowest BCUT2D eigenvalue weighted by Crippen LogP contribution is -2.49. The third kappa shape index (κ3) is 3.12. The summed E-state index contributed by atoms with van der Waals surface area (Å²) in [4.78, 5) is 0. The molecule has 0 heterocycles. The Morgan fingerprint density at radius 2 is 1.78 bits per heavy atom. The number of hydrogen-bond donors (Lipinski definition) is 1. The molecule has 0 fully saturated rings. The normalized spacial score (nSPS) is 14.6. The van der Waals surface area contributed by atoms with Crippen LogP contribution in [-0.2, 0) is 16.3 Å². The monoisotopic (exact) mass is 269 g/mol. The molecule has 0 amide bonds. The highest BCUT2D eigenvalue weighted by atomic mass is 32.2. The Bertz CT molecular complexity index is 533. The fourth-order valence-corrected chi connectivity index (χ4v) is 2.34. The van der Waals surface area contributed by atoms with Gasteiger partial charge >= 0.3 is 0 Å². The highest BCUT2D eigenvalue weighted by molar-refractivity contribution is 7.92. The fourth-order valence-electron chi connectivity index (χ4n) is 1.71. The molecule has 0 saturated carbocycles. The third-order valence-corrected chi connectivity index (χ3v) is 6.09. The van der Waals surface area contributed by atoms with Crippen LogP contribution in [0.25, 0.3) is 0 Å². The van der Waals surface area contributed by atoms with E-state index in [0.29, 0.717) is 6.42 Å². The van der Waals surface area contributed by atoms with E-state index in [4.69, 9.17) is 5.73 Å². The summed E-state index contributed by atoms with van der Waals surface area (Å²) in [5.41, 5.74) is 9.60. The maximum absolute atomic E-state index is 11.7. The zero-order valence-electron chi connectivity index (χ0n) is 11.8. The first-order valence-electron chi connectivity index (χ1n) is 6.07. The average Bonchev–Trinajstić information content (AvgIpc) is 2.21. The van der Waals surface area contributed by atoms with Crippen LogP contribution in [0.2, 0.25) is 0 Å². The summed E-state index contributed by atoms with van der Waals surface area (Å²) in [6, 6.07) is 5.73. The molecule has 1 aromatic rings. The molecule has 2 N–H and O–H groups in total. The lowest BCUT2D eigenvalue weighted by atomic mass is 9.95. The Labute approximate surface area is 110 Å². The molecule has 1 atom stereocenters. The second-order valence-electron chi connectivity index (χ2n) is 5.60. The number of benzene rings is 1. The highest BCUT2D eigenvalue weighted by Crippen LogP contribution is 2.22. The zero-order chi connectivity index (χ0) is 14.1. The van der Waals surface area contributed by atoms with Crippen LogP contribution in [0.15, 0.2) is 18.2 Å². The fraction of sp³-hybridized carbons (Fsp3) is 0.571. The molecule has 0 bridgehead atoms. The molecule has 0 spiro atoms. The van der Waals surface area contributed by atoms with E-state index < -0.39 is 20.6 Å². The van der Waals surface area contributed by atoms with Crippen molar-refractivity contribution in [3.8, 4) is 0 Å². The number of hydrogen-bond acceptors (Lipinski definition) is 3. The van der Waals surface area contributed by atoms with Gasteiger partial charge in [-0.1, -0.05) is 18.2 Å². The van der Waals surface area contributed by atoms with Crippen molar-refractivity contribution in [3.63, 3.8) is 0 Å². The van der Waals surface area contributed by atoms with E-state index in [-0.39, 0.29) is 0 Å². The number of rotatable bonds is 4. The minimum atomic E-state index is -3.16. The highest BCUT2D eigenvalue weighted by Gasteiger charge is 2.36. The molecular weight excluding hydrogens is 246 g/mol. The van der Waals surface area contributed by atoms with E-state index in [2.05, 4.69) is 13.0 Å². The Morgan fingerprint density at radius 3 is 2.22 bits per heavy atom. The van der Waals surface area contributed by atoms with Crippen molar-refractivity contribution in [1.82, 2.24) is 0 Å². The molecule has 3 nitrogen and oxygen atoms in total. The van der Waals surface area contributed by atoms with Gasteiger partial charge in [0.2, 0.25) is 0 Å². The smallest absolute Gasteiger partial charge is 0.154 e. The van der Waals surface area contributed by atoms with Crippen molar-refractivity contribution in [2.45, 2.75) is 44.9 Å². The van der Waals surface area contributed by atoms with Gasteiger partial charge in [-0.25, -0.2) is 8.42 Å². The molecule has 4 heteroatoms. The number of nitrogens with two attached hydrogens (primary N) is 1. The number of sulfone groups is 1. The Balaban J connectivity index is 2.94. The lowest BCUT2D eigenvalue weighted by Gasteiger charge is -2.29. The number of aryl methyl sites for hydroxylation is 2. The summed E-state index contributed by atoms with van der Waals surface area (Å²) in [6.07, 6.45) is 1.81. The van der Waals surface area contributed by atoms with E-state index in [9.17, 15) is 8.42 Å². The summed E-state index contributed by atoms with van der Waals surface area (Å²) in [5.74, 6) is 0. The maximum Gasteiger partial charge on any atom is 0.154 e. The standard InChI is InChI=1S/C14H23NO2S/c1-10-6-7-12(8-11(10)2)9-13(15)14(3,4)18(5,16)17/h6-8,13H,9,15H2,1-5H3. The van der Waals surface area contributed by atoms with Crippen LogP contribution in [-0.4, -0.2) is 25.5 Å². The Hall–Kier alpha value is -0.870. The van der Waals surface area contributed by atoms with E-state index in [1.165, 1.54) is 17.4 Å². The molecular formula is C14H23NO2S. The minimum Gasteiger partial charge on any atom is -0.326 e. The van der Waals surface area contributed by atoms with Crippen LogP contribution >= 0.6 is 0 Å². The van der Waals surface area contributed by atoms with E-state index >= 15 is 0 Å². The topological polar surface area (TPSA) is 60.2 Å². The zero-order valence-corrected chi connectivity index (χ0v) is 12.6. The van der Waals surface area contributed by atoms with Crippen LogP contribution in [0.5, 0.6) is 0 Å². The summed E-state index contributed by atoms with van der Waals surface area (Å²) in [7, 11) is -3.16. The average molecular weight is 269 g/mol. The van der Waals surface area contributed by atoms with Crippen molar-refractivity contribution >= 4 is 9.84 Å². The predicted octanol–water partition coefficient (Wildman–Crippen LogP) is 2.00. The van der Waals surface area contributed by atoms with Crippen LogP contribution < -0.4 is 5.73 Å². The molecule has 0 radical (unpaired) electrons. The van der Waals surface area contributed by atoms with E-state index in [1.807, 2.05) is 19.1 Å². The van der Waals surface area contributed by atoms with Crippen LogP contribution in [0, 0.1) is 13.8 Å². The predicted molar refractivity (Wildman–Crippen MR) is 76.5 cm³/mol. The lowest BCUT2D eigenvalue weighted by molar-refractivity contribution is 0.482. The van der Waals surface area contributed by atoms with Crippen molar-refractivity contribution in [2.24, 2.45) is 5.73 Å². The Kier molecular flexibility index (Phi) is 4.23. The van der Waals surface area contributed by atoms with Gasteiger partial charge in [0.05, 0.1) is 4.75 Å². The molecule has 102 valence electrons. The maximum atomic E-state index is 11.7. The molecule has 1 rings (SSSR count). The third-order valence-electron chi connectivity index (χ3n) is 3.88. The molecule has 0 saturated heterocycles. The van der Waals surface area contributed by atoms with Crippen molar-refractivity contribution in [3.05, 3.63) is 34.9 Å². The van der Waals surface area contributed by atoms with Crippen molar-refractivity contribution < 1.29 is 8.42 Å². The summed E-state index contributed by atoms with van der Waals surface area (Å²) in [5, 5.41) is 0. The summed E-state index contributed by atoms with van der Waals surface area (Å²) >= 11 is 0. The minimum absolute atomic E-state index is 0.408. The van der Waals surface area contributed by atoms with Gasteiger partial charge in [0.15, 0.2) is 9.84 Å². The first kappa shape index (κ1) is 15.2. The van der Waals surface area contributed by atoms with Crippen molar-refractivity contribution in [1.29, 1.82) is 0 Å². The van der Waals surface area contributed by atoms with Gasteiger partial charge in [-0.15, -0.1) is 0 Å². The molecule has 0 aliphatic carbocycles. The first-order valence-corrected chi connectivity index (χ1v) is 7.96. The van der Waals surface area contributed by atoms with Crippen LogP contribution in [0.4, 0.5) is 0 Å². The molecule has 1 aromatic carbocycles. The summed E-state index contributed by atoms with van der Waals surface area (Å²) in [6.45, 7) is 7.48. The van der Waals surface area contributed by atoms with Gasteiger partial charge in [-0.3, -0.25) is 0 Å². The van der Waals surface area contributed by atoms with Gasteiger partial charge in [-0.05, 0) is 50.8 Å². The molecule has 18 heavy (non-hydrogen) atoms. The van der Waals surface area contributed by atoms with E-state index in [0.717, 1.165) is 5.56 Å². The van der Waals surface area contributed by atoms with Gasteiger partial charge in [0, 0.05) is 12.3 Å². The molecule has 0 aromatic heterocycles. The summed E-state index contributed by atoms with van der Waals surface area (Å²) < 4.78 is 22.5. The molecule has 0 aliphatic heterocycles. The molecule has 0 aliphatic rings. The van der Waals surface area contributed by atoms with Gasteiger partial charge in [-0.2, -0.15) is 0 Å². The van der Waals surface area contributed by atoms with Crippen LogP contribution in [0.1, 0.15) is 30.5 Å². The van der Waals surface area contributed by atoms with Crippen LogP contribution in [0.3, 0.4) is 0 Å². The van der Waals surface area contributed by atoms with Gasteiger partial charge in [0.25, 0.3) is 0 Å². The molecule has 1 unspecified atom stereocenters. The largest absolute Gasteiger partial charge is 0.326 e. The second-order valence-corrected chi connectivity index (χ2v) is 8.20. The SMILES string of the molecule is Cc1ccc(CC(N)C(C)(C)S(C)(=O)=O)cc1C. The Morgan fingerprint density at radius 1 is 1.22 bits per heavy atom. The van der Waals surface area contributed by atoms with Gasteiger partial charge in [0.1, 0.15) is 0 Å². The second kappa shape index (κ2) is 5.02. The quantitative estimate of drug-likeness (QED) is 0.909. The first-order chi connectivity index (χ1) is 8.05.